The van der Waals surface area contributed by atoms with Crippen molar-refractivity contribution in [2.45, 2.75) is 20.0 Å². The van der Waals surface area contributed by atoms with Gasteiger partial charge in [0, 0.05) is 23.9 Å². The number of nitro benzene ring substituents is 1. The molecule has 0 saturated heterocycles. The molecule has 7 nitrogen and oxygen atoms in total. The van der Waals surface area contributed by atoms with Crippen molar-refractivity contribution in [2.75, 3.05) is 11.9 Å². The first kappa shape index (κ1) is 17.4. The van der Waals surface area contributed by atoms with Crippen LogP contribution in [0.5, 0.6) is 0 Å². The molecular formula is C17H19N3O4. The molecule has 2 amide bonds. The Bertz CT molecular complexity index is 761. The molecule has 0 fully saturated rings. The summed E-state index contributed by atoms with van der Waals surface area (Å²) in [7, 11) is 0. The van der Waals surface area contributed by atoms with E-state index < -0.39 is 17.1 Å². The molecule has 0 bridgehead atoms. The largest absolute Gasteiger partial charge is 0.387 e. The highest BCUT2D eigenvalue weighted by Crippen LogP contribution is 2.22. The number of carbonyl (C=O) groups is 1. The Labute approximate surface area is 139 Å². The predicted octanol–water partition coefficient (Wildman–Crippen LogP) is 3.07. The maximum atomic E-state index is 11.9. The smallest absolute Gasteiger partial charge is 0.319 e. The fraction of sp³-hybridized carbons (Fsp3) is 0.235. The zero-order valence-electron chi connectivity index (χ0n) is 13.4. The number of nitro groups is 1. The highest BCUT2D eigenvalue weighted by molar-refractivity contribution is 5.89. The van der Waals surface area contributed by atoms with Gasteiger partial charge in [-0.1, -0.05) is 30.3 Å². The number of urea groups is 1. The highest BCUT2D eigenvalue weighted by atomic mass is 16.6. The van der Waals surface area contributed by atoms with Crippen molar-refractivity contribution in [2.24, 2.45) is 0 Å². The molecule has 0 aromatic heterocycles. The summed E-state index contributed by atoms with van der Waals surface area (Å²) < 4.78 is 0. The van der Waals surface area contributed by atoms with E-state index >= 15 is 0 Å². The molecule has 0 aliphatic carbocycles. The van der Waals surface area contributed by atoms with Gasteiger partial charge in [-0.15, -0.1) is 0 Å². The van der Waals surface area contributed by atoms with Gasteiger partial charge in [0.1, 0.15) is 0 Å². The van der Waals surface area contributed by atoms with E-state index in [2.05, 4.69) is 10.6 Å². The summed E-state index contributed by atoms with van der Waals surface area (Å²) in [5.41, 5.74) is 2.44. The number of aliphatic hydroxyl groups is 1. The van der Waals surface area contributed by atoms with Crippen LogP contribution in [-0.2, 0) is 0 Å². The number of aryl methyl sites for hydroxylation is 2. The van der Waals surface area contributed by atoms with Crippen molar-refractivity contribution in [1.82, 2.24) is 5.32 Å². The quantitative estimate of drug-likeness (QED) is 0.579. The standard InChI is InChI=1S/C17H19N3O4/c1-11-5-3-4-6-14(11)16(21)10-18-17(22)19-13-8-7-12(2)15(9-13)20(23)24/h3-9,16,21H,10H2,1-2H3,(H2,18,19,22). The summed E-state index contributed by atoms with van der Waals surface area (Å²) in [5.74, 6) is 0. The predicted molar refractivity (Wildman–Crippen MR) is 91.0 cm³/mol. The number of anilines is 1. The van der Waals surface area contributed by atoms with Gasteiger partial charge < -0.3 is 15.7 Å². The molecule has 24 heavy (non-hydrogen) atoms. The molecule has 0 radical (unpaired) electrons. The molecule has 1 unspecified atom stereocenters. The Morgan fingerprint density at radius 1 is 1.21 bits per heavy atom. The van der Waals surface area contributed by atoms with Crippen LogP contribution in [0, 0.1) is 24.0 Å². The van der Waals surface area contributed by atoms with E-state index in [0.29, 0.717) is 11.3 Å². The maximum absolute atomic E-state index is 11.9. The Balaban J connectivity index is 1.95. The normalized spacial score (nSPS) is 11.6. The second-order valence-electron chi connectivity index (χ2n) is 5.47. The van der Waals surface area contributed by atoms with Crippen molar-refractivity contribution in [3.63, 3.8) is 0 Å². The summed E-state index contributed by atoms with van der Waals surface area (Å²) in [4.78, 5) is 22.3. The minimum Gasteiger partial charge on any atom is -0.387 e. The zero-order valence-corrected chi connectivity index (χ0v) is 13.4. The van der Waals surface area contributed by atoms with Crippen LogP contribution < -0.4 is 10.6 Å². The molecular weight excluding hydrogens is 310 g/mol. The summed E-state index contributed by atoms with van der Waals surface area (Å²) in [5, 5.41) is 26.1. The van der Waals surface area contributed by atoms with Gasteiger partial charge in [0.2, 0.25) is 0 Å². The fourth-order valence-electron chi connectivity index (χ4n) is 2.32. The lowest BCUT2D eigenvalue weighted by molar-refractivity contribution is -0.385. The number of rotatable bonds is 5. The van der Waals surface area contributed by atoms with Gasteiger partial charge in [-0.3, -0.25) is 10.1 Å². The van der Waals surface area contributed by atoms with Crippen LogP contribution in [0.2, 0.25) is 0 Å². The van der Waals surface area contributed by atoms with Gasteiger partial charge in [-0.05, 0) is 31.0 Å². The maximum Gasteiger partial charge on any atom is 0.319 e. The van der Waals surface area contributed by atoms with E-state index in [9.17, 15) is 20.0 Å². The monoisotopic (exact) mass is 329 g/mol. The van der Waals surface area contributed by atoms with Crippen LogP contribution in [0.3, 0.4) is 0 Å². The molecule has 0 aliphatic heterocycles. The topological polar surface area (TPSA) is 104 Å². The minimum atomic E-state index is -0.829. The zero-order chi connectivity index (χ0) is 17.7. The van der Waals surface area contributed by atoms with Crippen molar-refractivity contribution >= 4 is 17.4 Å². The number of aliphatic hydroxyl groups excluding tert-OH is 1. The third-order valence-corrected chi connectivity index (χ3v) is 3.67. The number of amides is 2. The van der Waals surface area contributed by atoms with Crippen LogP contribution in [0.15, 0.2) is 42.5 Å². The highest BCUT2D eigenvalue weighted by Gasteiger charge is 2.14. The Morgan fingerprint density at radius 2 is 1.92 bits per heavy atom. The van der Waals surface area contributed by atoms with Gasteiger partial charge in [0.25, 0.3) is 5.69 Å². The molecule has 2 aromatic rings. The lowest BCUT2D eigenvalue weighted by atomic mass is 10.0. The first-order valence-corrected chi connectivity index (χ1v) is 7.42. The minimum absolute atomic E-state index is 0.0324. The first-order chi connectivity index (χ1) is 11.4. The number of carbonyl (C=O) groups excluding carboxylic acids is 1. The average Bonchev–Trinajstić information content (AvgIpc) is 2.54. The van der Waals surface area contributed by atoms with Gasteiger partial charge in [0.15, 0.2) is 0 Å². The molecule has 3 N–H and O–H groups in total. The molecule has 0 heterocycles. The van der Waals surface area contributed by atoms with Crippen molar-refractivity contribution in [3.8, 4) is 0 Å². The summed E-state index contributed by atoms with van der Waals surface area (Å²) in [6.07, 6.45) is -0.829. The third kappa shape index (κ3) is 4.30. The summed E-state index contributed by atoms with van der Waals surface area (Å²) >= 11 is 0. The van der Waals surface area contributed by atoms with Crippen molar-refractivity contribution < 1.29 is 14.8 Å². The molecule has 0 saturated carbocycles. The molecule has 1 atom stereocenters. The fourth-order valence-corrected chi connectivity index (χ4v) is 2.32. The van der Waals surface area contributed by atoms with Crippen molar-refractivity contribution in [3.05, 3.63) is 69.3 Å². The van der Waals surface area contributed by atoms with E-state index in [-0.39, 0.29) is 12.2 Å². The summed E-state index contributed by atoms with van der Waals surface area (Å²) in [6, 6.07) is 11.3. The Morgan fingerprint density at radius 3 is 2.58 bits per heavy atom. The lowest BCUT2D eigenvalue weighted by Crippen LogP contribution is -2.32. The number of nitrogens with zero attached hydrogens (tertiary/aromatic N) is 1. The van der Waals surface area contributed by atoms with Crippen LogP contribution in [0.25, 0.3) is 0 Å². The van der Waals surface area contributed by atoms with Gasteiger partial charge in [-0.25, -0.2) is 4.79 Å². The number of hydrogen-bond acceptors (Lipinski definition) is 4. The molecule has 2 aromatic carbocycles. The molecule has 7 heteroatoms. The van der Waals surface area contributed by atoms with Crippen molar-refractivity contribution in [1.29, 1.82) is 0 Å². The first-order valence-electron chi connectivity index (χ1n) is 7.42. The van der Waals surface area contributed by atoms with E-state index in [1.165, 1.54) is 6.07 Å². The van der Waals surface area contributed by atoms with E-state index in [4.69, 9.17) is 0 Å². The lowest BCUT2D eigenvalue weighted by Gasteiger charge is -2.15. The molecule has 2 rings (SSSR count). The van der Waals surface area contributed by atoms with E-state index in [1.54, 1.807) is 25.1 Å². The van der Waals surface area contributed by atoms with Gasteiger partial charge in [-0.2, -0.15) is 0 Å². The Kier molecular flexibility index (Phi) is 5.49. The number of benzene rings is 2. The van der Waals surface area contributed by atoms with Crippen LogP contribution in [0.4, 0.5) is 16.2 Å². The third-order valence-electron chi connectivity index (χ3n) is 3.67. The van der Waals surface area contributed by atoms with E-state index in [1.807, 2.05) is 25.1 Å². The van der Waals surface area contributed by atoms with Crippen LogP contribution in [-0.4, -0.2) is 22.6 Å². The van der Waals surface area contributed by atoms with Gasteiger partial charge in [0.05, 0.1) is 11.0 Å². The molecule has 0 spiro atoms. The van der Waals surface area contributed by atoms with Crippen LogP contribution in [0.1, 0.15) is 22.8 Å². The Hall–Kier alpha value is -2.93. The number of hydrogen-bond donors (Lipinski definition) is 3. The number of nitrogens with one attached hydrogen (secondary N) is 2. The second kappa shape index (κ2) is 7.56. The molecule has 0 aliphatic rings. The second-order valence-corrected chi connectivity index (χ2v) is 5.47. The average molecular weight is 329 g/mol. The van der Waals surface area contributed by atoms with E-state index in [0.717, 1.165) is 11.1 Å². The molecule has 126 valence electrons. The van der Waals surface area contributed by atoms with Crippen LogP contribution >= 0.6 is 0 Å². The van der Waals surface area contributed by atoms with Gasteiger partial charge >= 0.3 is 6.03 Å². The SMILES string of the molecule is Cc1ccccc1C(O)CNC(=O)Nc1ccc(C)c([N+](=O)[O-])c1. The summed E-state index contributed by atoms with van der Waals surface area (Å²) in [6.45, 7) is 3.54.